The molecule has 88 valence electrons. The van der Waals surface area contributed by atoms with Crippen molar-refractivity contribution in [2.24, 2.45) is 5.73 Å². The Balaban J connectivity index is 2.32. The van der Waals surface area contributed by atoms with Crippen LogP contribution in [0.3, 0.4) is 0 Å². The van der Waals surface area contributed by atoms with E-state index in [-0.39, 0.29) is 0 Å². The van der Waals surface area contributed by atoms with Gasteiger partial charge in [-0.1, -0.05) is 12.1 Å². The Kier molecular flexibility index (Phi) is 3.90. The zero-order valence-electron chi connectivity index (χ0n) is 9.35. The minimum atomic E-state index is 0.498. The summed E-state index contributed by atoms with van der Waals surface area (Å²) in [6, 6.07) is 5.92. The van der Waals surface area contributed by atoms with E-state index < -0.39 is 0 Å². The van der Waals surface area contributed by atoms with Crippen molar-refractivity contribution in [1.29, 1.82) is 0 Å². The molecule has 0 aliphatic carbocycles. The number of aromatic nitrogens is 2. The first kappa shape index (κ1) is 12.3. The second-order valence-electron chi connectivity index (χ2n) is 3.58. The van der Waals surface area contributed by atoms with Crippen LogP contribution in [0.15, 0.2) is 30.7 Å². The topological polar surface area (TPSA) is 61.0 Å². The van der Waals surface area contributed by atoms with E-state index in [9.17, 15) is 0 Å². The predicted molar refractivity (Wildman–Crippen MR) is 73.9 cm³/mol. The molecule has 0 bridgehead atoms. The molecule has 0 saturated carbocycles. The minimum Gasteiger partial charge on any atom is -0.438 e. The number of benzene rings is 1. The molecule has 1 heterocycles. The van der Waals surface area contributed by atoms with E-state index in [1.54, 1.807) is 6.20 Å². The van der Waals surface area contributed by atoms with Gasteiger partial charge >= 0.3 is 0 Å². The molecule has 0 saturated heterocycles. The number of hydrogen-bond acceptors (Lipinski definition) is 4. The van der Waals surface area contributed by atoms with Crippen LogP contribution in [-0.4, -0.2) is 9.97 Å². The summed E-state index contributed by atoms with van der Waals surface area (Å²) in [5, 5.41) is 0. The van der Waals surface area contributed by atoms with Crippen LogP contribution < -0.4 is 10.5 Å². The summed E-state index contributed by atoms with van der Waals surface area (Å²) in [5.74, 6) is 1.35. The monoisotopic (exact) mass is 341 g/mol. The molecule has 5 heteroatoms. The summed E-state index contributed by atoms with van der Waals surface area (Å²) in [6.45, 7) is 2.49. The summed E-state index contributed by atoms with van der Waals surface area (Å²) in [5.41, 5.74) is 7.70. The van der Waals surface area contributed by atoms with Crippen molar-refractivity contribution >= 4 is 22.6 Å². The van der Waals surface area contributed by atoms with E-state index >= 15 is 0 Å². The van der Waals surface area contributed by atoms with E-state index in [1.807, 2.05) is 25.1 Å². The van der Waals surface area contributed by atoms with Crippen LogP contribution in [0.2, 0.25) is 0 Å². The lowest BCUT2D eigenvalue weighted by molar-refractivity contribution is 0.453. The average molecular weight is 341 g/mol. The number of halogens is 1. The van der Waals surface area contributed by atoms with Crippen LogP contribution in [0.4, 0.5) is 0 Å². The van der Waals surface area contributed by atoms with E-state index in [1.165, 1.54) is 6.33 Å². The Morgan fingerprint density at radius 3 is 2.94 bits per heavy atom. The van der Waals surface area contributed by atoms with Gasteiger partial charge in [0, 0.05) is 12.7 Å². The summed E-state index contributed by atoms with van der Waals surface area (Å²) in [6.07, 6.45) is 3.19. The van der Waals surface area contributed by atoms with Crippen LogP contribution in [0.5, 0.6) is 11.6 Å². The van der Waals surface area contributed by atoms with Gasteiger partial charge in [0.15, 0.2) is 0 Å². The first-order valence-corrected chi connectivity index (χ1v) is 6.21. The Labute approximate surface area is 113 Å². The van der Waals surface area contributed by atoms with Gasteiger partial charge in [0.2, 0.25) is 5.88 Å². The zero-order chi connectivity index (χ0) is 12.3. The molecular weight excluding hydrogens is 329 g/mol. The van der Waals surface area contributed by atoms with Gasteiger partial charge in [-0.3, -0.25) is 0 Å². The Bertz CT molecular complexity index is 531. The highest BCUT2D eigenvalue weighted by Crippen LogP contribution is 2.27. The van der Waals surface area contributed by atoms with E-state index in [4.69, 9.17) is 10.5 Å². The van der Waals surface area contributed by atoms with Crippen LogP contribution in [0.25, 0.3) is 0 Å². The number of ether oxygens (including phenoxy) is 1. The summed E-state index contributed by atoms with van der Waals surface area (Å²) in [7, 11) is 0. The SMILES string of the molecule is Cc1ccc(CN)cc1Oc1ncncc1I. The molecule has 0 fully saturated rings. The molecule has 0 aliphatic rings. The molecule has 0 unspecified atom stereocenters. The third-order valence-corrected chi connectivity index (χ3v) is 3.07. The van der Waals surface area contributed by atoms with Crippen LogP contribution in [0, 0.1) is 10.5 Å². The van der Waals surface area contributed by atoms with Gasteiger partial charge < -0.3 is 10.5 Å². The fourth-order valence-electron chi connectivity index (χ4n) is 1.36. The molecule has 0 aliphatic heterocycles. The number of nitrogens with zero attached hydrogens (tertiary/aromatic N) is 2. The third kappa shape index (κ3) is 2.92. The molecule has 0 amide bonds. The number of aryl methyl sites for hydroxylation is 1. The maximum absolute atomic E-state index is 5.77. The molecule has 2 aromatic rings. The molecular formula is C12H12IN3O. The Morgan fingerprint density at radius 2 is 2.24 bits per heavy atom. The highest BCUT2D eigenvalue weighted by molar-refractivity contribution is 14.1. The highest BCUT2D eigenvalue weighted by atomic mass is 127. The van der Waals surface area contributed by atoms with E-state index in [2.05, 4.69) is 32.6 Å². The fraction of sp³-hybridized carbons (Fsp3) is 0.167. The van der Waals surface area contributed by atoms with E-state index in [0.717, 1.165) is 20.4 Å². The Hall–Kier alpha value is -1.21. The number of nitrogens with two attached hydrogens (primary N) is 1. The van der Waals surface area contributed by atoms with Gasteiger partial charge in [-0.2, -0.15) is 0 Å². The van der Waals surface area contributed by atoms with E-state index in [0.29, 0.717) is 12.4 Å². The zero-order valence-corrected chi connectivity index (χ0v) is 11.5. The van der Waals surface area contributed by atoms with Crippen molar-refractivity contribution in [1.82, 2.24) is 9.97 Å². The molecule has 17 heavy (non-hydrogen) atoms. The normalized spacial score (nSPS) is 10.3. The summed E-state index contributed by atoms with van der Waals surface area (Å²) < 4.78 is 6.65. The van der Waals surface area contributed by atoms with Gasteiger partial charge in [-0.25, -0.2) is 9.97 Å². The van der Waals surface area contributed by atoms with Crippen LogP contribution in [-0.2, 0) is 6.54 Å². The van der Waals surface area contributed by atoms with Crippen LogP contribution >= 0.6 is 22.6 Å². The van der Waals surface area contributed by atoms with Crippen molar-refractivity contribution < 1.29 is 4.74 Å². The second-order valence-corrected chi connectivity index (χ2v) is 4.74. The quantitative estimate of drug-likeness (QED) is 0.872. The van der Waals surface area contributed by atoms with Gasteiger partial charge in [-0.05, 0) is 46.7 Å². The third-order valence-electron chi connectivity index (χ3n) is 2.33. The van der Waals surface area contributed by atoms with Gasteiger partial charge in [0.1, 0.15) is 12.1 Å². The van der Waals surface area contributed by atoms with Gasteiger partial charge in [-0.15, -0.1) is 0 Å². The van der Waals surface area contributed by atoms with Crippen LogP contribution in [0.1, 0.15) is 11.1 Å². The molecule has 4 nitrogen and oxygen atoms in total. The lowest BCUT2D eigenvalue weighted by Gasteiger charge is -2.10. The summed E-state index contributed by atoms with van der Waals surface area (Å²) >= 11 is 2.14. The van der Waals surface area contributed by atoms with Crippen molar-refractivity contribution in [3.63, 3.8) is 0 Å². The largest absolute Gasteiger partial charge is 0.438 e. The molecule has 0 spiro atoms. The smallest absolute Gasteiger partial charge is 0.235 e. The second kappa shape index (κ2) is 5.42. The molecule has 1 aromatic heterocycles. The number of rotatable bonds is 3. The highest BCUT2D eigenvalue weighted by Gasteiger charge is 2.06. The van der Waals surface area contributed by atoms with Crippen molar-refractivity contribution in [2.45, 2.75) is 13.5 Å². The first-order valence-electron chi connectivity index (χ1n) is 5.13. The maximum atomic E-state index is 5.77. The Morgan fingerprint density at radius 1 is 1.41 bits per heavy atom. The lowest BCUT2D eigenvalue weighted by atomic mass is 10.1. The number of hydrogen-bond donors (Lipinski definition) is 1. The minimum absolute atomic E-state index is 0.498. The standard InChI is InChI=1S/C12H12IN3O/c1-8-2-3-9(5-14)4-11(8)17-12-10(13)6-15-7-16-12/h2-4,6-7H,5,14H2,1H3. The molecule has 2 N–H and O–H groups in total. The maximum Gasteiger partial charge on any atom is 0.235 e. The molecule has 0 radical (unpaired) electrons. The predicted octanol–water partition coefficient (Wildman–Crippen LogP) is 2.64. The van der Waals surface area contributed by atoms with Gasteiger partial charge in [0.05, 0.1) is 3.57 Å². The van der Waals surface area contributed by atoms with Crippen molar-refractivity contribution in [3.05, 3.63) is 45.4 Å². The lowest BCUT2D eigenvalue weighted by Crippen LogP contribution is -1.98. The molecule has 1 aromatic carbocycles. The fourth-order valence-corrected chi connectivity index (χ4v) is 1.77. The molecule has 0 atom stereocenters. The van der Waals surface area contributed by atoms with Crippen molar-refractivity contribution in [3.8, 4) is 11.6 Å². The van der Waals surface area contributed by atoms with Crippen molar-refractivity contribution in [2.75, 3.05) is 0 Å². The average Bonchev–Trinajstić information content (AvgIpc) is 2.35. The first-order chi connectivity index (χ1) is 8.20. The molecule has 2 rings (SSSR count). The summed E-state index contributed by atoms with van der Waals surface area (Å²) in [4.78, 5) is 8.02. The van der Waals surface area contributed by atoms with Gasteiger partial charge in [0.25, 0.3) is 0 Å².